The summed E-state index contributed by atoms with van der Waals surface area (Å²) in [7, 11) is 2.09. The van der Waals surface area contributed by atoms with Crippen molar-refractivity contribution < 1.29 is 13.9 Å². The first-order chi connectivity index (χ1) is 14.0. The van der Waals surface area contributed by atoms with E-state index in [1.165, 1.54) is 30.5 Å². The number of benzene rings is 1. The van der Waals surface area contributed by atoms with E-state index in [1.54, 1.807) is 13.1 Å². The van der Waals surface area contributed by atoms with Crippen LogP contribution in [-0.4, -0.2) is 65.8 Å². The van der Waals surface area contributed by atoms with E-state index in [-0.39, 0.29) is 11.8 Å². The maximum Gasteiger partial charge on any atom is 0.356 e. The molecule has 1 aliphatic rings. The summed E-state index contributed by atoms with van der Waals surface area (Å²) in [6.45, 7) is 7.04. The average molecular weight is 403 g/mol. The Morgan fingerprint density at radius 2 is 2.03 bits per heavy atom. The number of carbonyl (C=O) groups is 1. The molecular formula is C22H31FN4O2. The molecule has 0 unspecified atom stereocenters. The van der Waals surface area contributed by atoms with Gasteiger partial charge in [0, 0.05) is 25.2 Å². The maximum absolute atomic E-state index is 13.0. The third kappa shape index (κ3) is 6.37. The number of likely N-dealkylation sites (tertiary alicyclic amines) is 1. The van der Waals surface area contributed by atoms with Crippen molar-refractivity contribution in [3.63, 3.8) is 0 Å². The van der Waals surface area contributed by atoms with Crippen LogP contribution in [0.1, 0.15) is 41.4 Å². The zero-order chi connectivity index (χ0) is 20.6. The Hall–Kier alpha value is -2.25. The van der Waals surface area contributed by atoms with Crippen molar-refractivity contribution in [3.8, 4) is 0 Å². The van der Waals surface area contributed by atoms with Crippen LogP contribution < -0.4 is 0 Å². The molecule has 0 aliphatic carbocycles. The van der Waals surface area contributed by atoms with Crippen LogP contribution in [0, 0.1) is 11.7 Å². The van der Waals surface area contributed by atoms with Gasteiger partial charge in [-0.1, -0.05) is 12.1 Å². The Bertz CT molecular complexity index is 769. The summed E-state index contributed by atoms with van der Waals surface area (Å²) in [6, 6.07) is 6.81. The van der Waals surface area contributed by atoms with Gasteiger partial charge in [-0.05, 0) is 69.9 Å². The molecule has 7 heteroatoms. The van der Waals surface area contributed by atoms with Crippen LogP contribution in [0.25, 0.3) is 0 Å². The number of hydrogen-bond donors (Lipinski definition) is 1. The molecule has 1 aromatic carbocycles. The van der Waals surface area contributed by atoms with Gasteiger partial charge < -0.3 is 14.5 Å². The fraction of sp³-hybridized carbons (Fsp3) is 0.545. The number of halogens is 1. The Balaban J connectivity index is 1.39. The van der Waals surface area contributed by atoms with Gasteiger partial charge in [-0.15, -0.1) is 0 Å². The standard InChI is InChI=1S/C22H31FN4O2/c1-3-29-22(28)21-19(14-24-25-21)16-26(2)15-18-9-12-27(13-10-18)11-8-17-4-6-20(23)7-5-17/h4-7,14,18H,3,8-13,15-16H2,1-2H3,(H,24,25). The molecule has 2 aromatic rings. The number of aromatic nitrogens is 2. The number of aromatic amines is 1. The molecule has 6 nitrogen and oxygen atoms in total. The highest BCUT2D eigenvalue weighted by atomic mass is 19.1. The van der Waals surface area contributed by atoms with Crippen molar-refractivity contribution in [2.75, 3.05) is 39.8 Å². The summed E-state index contributed by atoms with van der Waals surface area (Å²) >= 11 is 0. The van der Waals surface area contributed by atoms with E-state index in [1.807, 2.05) is 12.1 Å². The summed E-state index contributed by atoms with van der Waals surface area (Å²) in [5.41, 5.74) is 2.52. The fourth-order valence-electron chi connectivity index (χ4n) is 3.94. The molecule has 0 bridgehead atoms. The topological polar surface area (TPSA) is 61.5 Å². The SMILES string of the molecule is CCOC(=O)c1[nH]ncc1CN(C)CC1CCN(CCc2ccc(F)cc2)CC1. The number of H-pyrrole nitrogens is 1. The number of nitrogens with zero attached hydrogens (tertiary/aromatic N) is 3. The Morgan fingerprint density at radius 1 is 1.31 bits per heavy atom. The molecule has 1 N–H and O–H groups in total. The highest BCUT2D eigenvalue weighted by Gasteiger charge is 2.22. The lowest BCUT2D eigenvalue weighted by molar-refractivity contribution is 0.0517. The maximum atomic E-state index is 13.0. The number of rotatable bonds is 9. The lowest BCUT2D eigenvalue weighted by Gasteiger charge is -2.34. The van der Waals surface area contributed by atoms with Crippen LogP contribution in [-0.2, 0) is 17.7 Å². The molecule has 158 valence electrons. The Morgan fingerprint density at radius 3 is 2.72 bits per heavy atom. The minimum absolute atomic E-state index is 0.177. The first-order valence-corrected chi connectivity index (χ1v) is 10.4. The number of hydrogen-bond acceptors (Lipinski definition) is 5. The van der Waals surface area contributed by atoms with E-state index in [4.69, 9.17) is 4.74 Å². The first-order valence-electron chi connectivity index (χ1n) is 10.4. The number of ether oxygens (including phenoxy) is 1. The molecule has 0 spiro atoms. The molecule has 0 radical (unpaired) electrons. The largest absolute Gasteiger partial charge is 0.461 e. The van der Waals surface area contributed by atoms with Crippen molar-refractivity contribution in [2.45, 2.75) is 32.7 Å². The summed E-state index contributed by atoms with van der Waals surface area (Å²) in [5, 5.41) is 6.76. The molecule has 1 aromatic heterocycles. The molecule has 1 saturated heterocycles. The van der Waals surface area contributed by atoms with Gasteiger partial charge in [-0.25, -0.2) is 9.18 Å². The van der Waals surface area contributed by atoms with Gasteiger partial charge in [0.1, 0.15) is 11.5 Å². The summed E-state index contributed by atoms with van der Waals surface area (Å²) in [6.07, 6.45) is 5.01. The van der Waals surface area contributed by atoms with Gasteiger partial charge in [-0.3, -0.25) is 5.10 Å². The van der Waals surface area contributed by atoms with Gasteiger partial charge in [0.25, 0.3) is 0 Å². The third-order valence-electron chi connectivity index (χ3n) is 5.54. The summed E-state index contributed by atoms with van der Waals surface area (Å²) in [5.74, 6) is 0.131. The lowest BCUT2D eigenvalue weighted by Crippen LogP contribution is -2.38. The number of nitrogens with one attached hydrogen (secondary N) is 1. The quantitative estimate of drug-likeness (QED) is 0.653. The fourth-order valence-corrected chi connectivity index (χ4v) is 3.94. The molecule has 3 rings (SSSR count). The highest BCUT2D eigenvalue weighted by molar-refractivity contribution is 5.88. The Labute approximate surface area is 172 Å². The van der Waals surface area contributed by atoms with Gasteiger partial charge >= 0.3 is 5.97 Å². The van der Waals surface area contributed by atoms with Crippen molar-refractivity contribution in [3.05, 3.63) is 53.1 Å². The summed E-state index contributed by atoms with van der Waals surface area (Å²) in [4.78, 5) is 16.7. The second-order valence-corrected chi connectivity index (χ2v) is 7.85. The molecule has 2 heterocycles. The van der Waals surface area contributed by atoms with Crippen LogP contribution in [0.3, 0.4) is 0 Å². The lowest BCUT2D eigenvalue weighted by atomic mass is 9.96. The van der Waals surface area contributed by atoms with Gasteiger partial charge in [0.15, 0.2) is 0 Å². The van der Waals surface area contributed by atoms with Crippen molar-refractivity contribution in [1.82, 2.24) is 20.0 Å². The van der Waals surface area contributed by atoms with Crippen LogP contribution in [0.2, 0.25) is 0 Å². The van der Waals surface area contributed by atoms with Gasteiger partial charge in [0.05, 0.1) is 12.8 Å². The zero-order valence-electron chi connectivity index (χ0n) is 17.4. The van der Waals surface area contributed by atoms with Gasteiger partial charge in [0.2, 0.25) is 0 Å². The van der Waals surface area contributed by atoms with E-state index >= 15 is 0 Å². The van der Waals surface area contributed by atoms with E-state index in [2.05, 4.69) is 27.0 Å². The van der Waals surface area contributed by atoms with E-state index in [9.17, 15) is 9.18 Å². The predicted octanol–water partition coefficient (Wildman–Crippen LogP) is 3.11. The van der Waals surface area contributed by atoms with Crippen molar-refractivity contribution in [1.29, 1.82) is 0 Å². The van der Waals surface area contributed by atoms with Crippen LogP contribution in [0.4, 0.5) is 4.39 Å². The summed E-state index contributed by atoms with van der Waals surface area (Å²) < 4.78 is 18.1. The monoisotopic (exact) mass is 402 g/mol. The van der Waals surface area contributed by atoms with Crippen LogP contribution in [0.5, 0.6) is 0 Å². The Kier molecular flexibility index (Phi) is 7.77. The van der Waals surface area contributed by atoms with Gasteiger partial charge in [-0.2, -0.15) is 5.10 Å². The van der Waals surface area contributed by atoms with E-state index in [0.717, 1.165) is 38.2 Å². The molecule has 29 heavy (non-hydrogen) atoms. The number of carbonyl (C=O) groups excluding carboxylic acids is 1. The highest BCUT2D eigenvalue weighted by Crippen LogP contribution is 2.20. The van der Waals surface area contributed by atoms with E-state index < -0.39 is 0 Å². The number of esters is 1. The molecular weight excluding hydrogens is 371 g/mol. The second-order valence-electron chi connectivity index (χ2n) is 7.85. The van der Waals surface area contributed by atoms with Crippen molar-refractivity contribution in [2.24, 2.45) is 5.92 Å². The normalized spacial score (nSPS) is 15.7. The zero-order valence-corrected chi connectivity index (χ0v) is 17.4. The second kappa shape index (κ2) is 10.5. The molecule has 1 aliphatic heterocycles. The van der Waals surface area contributed by atoms with Crippen LogP contribution >= 0.6 is 0 Å². The van der Waals surface area contributed by atoms with Crippen LogP contribution in [0.15, 0.2) is 30.5 Å². The van der Waals surface area contributed by atoms with E-state index in [0.29, 0.717) is 24.8 Å². The molecule has 1 fully saturated rings. The predicted molar refractivity (Wildman–Crippen MR) is 110 cm³/mol. The number of piperidine rings is 1. The minimum Gasteiger partial charge on any atom is -0.461 e. The van der Waals surface area contributed by atoms with Crippen molar-refractivity contribution >= 4 is 5.97 Å². The molecule has 0 amide bonds. The average Bonchev–Trinajstić information content (AvgIpc) is 3.17. The molecule has 0 saturated carbocycles. The molecule has 0 atom stereocenters. The smallest absolute Gasteiger partial charge is 0.356 e. The third-order valence-corrected chi connectivity index (χ3v) is 5.54. The minimum atomic E-state index is -0.345. The first kappa shape index (κ1) is 21.5.